The molecule has 4 aromatic rings. The van der Waals surface area contributed by atoms with Gasteiger partial charge in [0.15, 0.2) is 11.5 Å². The molecule has 0 saturated heterocycles. The molecule has 8 heteroatoms. The highest BCUT2D eigenvalue weighted by Gasteiger charge is 2.18. The second-order valence-corrected chi connectivity index (χ2v) is 8.73. The van der Waals surface area contributed by atoms with Crippen molar-refractivity contribution in [1.29, 1.82) is 0 Å². The number of rotatable bonds is 5. The quantitative estimate of drug-likeness (QED) is 0.432. The molecule has 2 aromatic heterocycles. The molecule has 0 spiro atoms. The fourth-order valence-electron chi connectivity index (χ4n) is 2.89. The van der Waals surface area contributed by atoms with Gasteiger partial charge in [-0.25, -0.2) is 14.4 Å². The molecule has 2 N–H and O–H groups in total. The number of halogens is 1. The topological polar surface area (TPSA) is 90.7 Å². The highest BCUT2D eigenvalue weighted by atomic mass is 32.2. The third kappa shape index (κ3) is 4.18. The molecule has 0 amide bonds. The monoisotopic (exact) mass is 421 g/mol. The fourth-order valence-corrected chi connectivity index (χ4v) is 3.73. The molecule has 0 fully saturated rings. The molecule has 2 heterocycles. The molecule has 6 nitrogen and oxygen atoms in total. The van der Waals surface area contributed by atoms with Gasteiger partial charge in [0.05, 0.1) is 17.5 Å². The van der Waals surface area contributed by atoms with Crippen LogP contribution in [-0.4, -0.2) is 25.4 Å². The second-order valence-electron chi connectivity index (χ2n) is 7.08. The number of nitrogen functional groups attached to an aromatic ring is 1. The number of aryl methyl sites for hydroxylation is 1. The Balaban J connectivity index is 1.67. The second kappa shape index (κ2) is 8.23. The number of hydrogen-bond acceptors (Lipinski definition) is 7. The molecule has 4 rings (SSSR count). The summed E-state index contributed by atoms with van der Waals surface area (Å²) >= 11 is 1.79. The highest BCUT2D eigenvalue weighted by Crippen LogP contribution is 2.30. The Hall–Kier alpha value is -3.26. The minimum atomic E-state index is -0.433. The lowest BCUT2D eigenvalue weighted by molar-refractivity contribution is 0.568. The summed E-state index contributed by atoms with van der Waals surface area (Å²) in [5.41, 5.74) is 8.80. The Morgan fingerprint density at radius 3 is 2.47 bits per heavy atom. The van der Waals surface area contributed by atoms with E-state index >= 15 is 0 Å². The SMILES string of the molecule is Cc1ccc(-c2nnc(-c3nc(-c4ccc(SC(C)C)cc4)cnc3N)o2)c(F)c1. The average Bonchev–Trinajstić information content (AvgIpc) is 3.18. The van der Waals surface area contributed by atoms with Crippen molar-refractivity contribution in [2.45, 2.75) is 30.9 Å². The normalized spacial score (nSPS) is 11.2. The number of nitrogens with zero attached hydrogens (tertiary/aromatic N) is 4. The van der Waals surface area contributed by atoms with Crippen molar-refractivity contribution in [3.8, 4) is 34.3 Å². The molecule has 0 radical (unpaired) electrons. The van der Waals surface area contributed by atoms with Gasteiger partial charge in [0.1, 0.15) is 5.82 Å². The molecule has 0 aliphatic heterocycles. The first kappa shape index (κ1) is 20.0. The van der Waals surface area contributed by atoms with Crippen molar-refractivity contribution < 1.29 is 8.81 Å². The van der Waals surface area contributed by atoms with Gasteiger partial charge in [0.2, 0.25) is 0 Å². The minimum absolute atomic E-state index is 0.0594. The van der Waals surface area contributed by atoms with E-state index in [0.717, 1.165) is 11.1 Å². The van der Waals surface area contributed by atoms with Crippen molar-refractivity contribution in [3.63, 3.8) is 0 Å². The van der Waals surface area contributed by atoms with E-state index in [1.165, 1.54) is 11.0 Å². The fraction of sp³-hybridized carbons (Fsp3) is 0.182. The number of nitrogens with two attached hydrogens (primary N) is 1. The van der Waals surface area contributed by atoms with Gasteiger partial charge >= 0.3 is 0 Å². The maximum atomic E-state index is 14.2. The van der Waals surface area contributed by atoms with Gasteiger partial charge in [0.25, 0.3) is 11.8 Å². The predicted octanol–water partition coefficient (Wildman–Crippen LogP) is 5.39. The summed E-state index contributed by atoms with van der Waals surface area (Å²) in [5, 5.41) is 8.46. The molecule has 0 unspecified atom stereocenters. The van der Waals surface area contributed by atoms with Crippen LogP contribution in [0.2, 0.25) is 0 Å². The molecular weight excluding hydrogens is 401 g/mol. The molecule has 0 aliphatic rings. The zero-order valence-electron chi connectivity index (χ0n) is 16.8. The van der Waals surface area contributed by atoms with Gasteiger partial charge in [-0.3, -0.25) is 0 Å². The molecule has 2 aromatic carbocycles. The lowest BCUT2D eigenvalue weighted by Gasteiger charge is -2.07. The third-order valence-electron chi connectivity index (χ3n) is 4.31. The molecule has 0 atom stereocenters. The predicted molar refractivity (Wildman–Crippen MR) is 116 cm³/mol. The first-order valence-electron chi connectivity index (χ1n) is 9.40. The summed E-state index contributed by atoms with van der Waals surface area (Å²) < 4.78 is 19.9. The lowest BCUT2D eigenvalue weighted by Crippen LogP contribution is -1.99. The van der Waals surface area contributed by atoms with E-state index in [4.69, 9.17) is 10.2 Å². The molecule has 152 valence electrons. The Bertz CT molecular complexity index is 1190. The Labute approximate surface area is 177 Å². The maximum absolute atomic E-state index is 14.2. The Morgan fingerprint density at radius 2 is 1.77 bits per heavy atom. The maximum Gasteiger partial charge on any atom is 0.270 e. The highest BCUT2D eigenvalue weighted by molar-refractivity contribution is 7.99. The standard InChI is InChI=1S/C22H20FN5OS/c1-12(2)30-15-7-5-14(6-8-15)18-11-25-20(24)19(26-18)22-28-27-21(29-22)16-9-4-13(3)10-17(16)23/h4-12H,1-3H3,(H2,24,25). The summed E-state index contributed by atoms with van der Waals surface area (Å²) in [6.07, 6.45) is 1.60. The summed E-state index contributed by atoms with van der Waals surface area (Å²) in [4.78, 5) is 9.96. The molecule has 0 aliphatic carbocycles. The van der Waals surface area contributed by atoms with E-state index in [-0.39, 0.29) is 28.9 Å². The molecular formula is C22H20FN5OS. The summed E-state index contributed by atoms with van der Waals surface area (Å²) in [6.45, 7) is 6.11. The van der Waals surface area contributed by atoms with Crippen LogP contribution in [0.1, 0.15) is 19.4 Å². The van der Waals surface area contributed by atoms with E-state index in [0.29, 0.717) is 10.9 Å². The van der Waals surface area contributed by atoms with Gasteiger partial charge in [0, 0.05) is 15.7 Å². The van der Waals surface area contributed by atoms with E-state index in [2.05, 4.69) is 34.0 Å². The zero-order valence-corrected chi connectivity index (χ0v) is 17.6. The van der Waals surface area contributed by atoms with Gasteiger partial charge in [-0.15, -0.1) is 22.0 Å². The number of hydrogen-bond donors (Lipinski definition) is 1. The summed E-state index contributed by atoms with van der Waals surface area (Å²) in [6, 6.07) is 12.8. The lowest BCUT2D eigenvalue weighted by atomic mass is 10.1. The number of benzene rings is 2. The molecule has 30 heavy (non-hydrogen) atoms. The first-order chi connectivity index (χ1) is 14.4. The van der Waals surface area contributed by atoms with E-state index in [1.54, 1.807) is 30.1 Å². The minimum Gasteiger partial charge on any atom is -0.414 e. The average molecular weight is 422 g/mol. The van der Waals surface area contributed by atoms with E-state index in [1.807, 2.05) is 31.2 Å². The van der Waals surface area contributed by atoms with E-state index < -0.39 is 5.82 Å². The van der Waals surface area contributed by atoms with Gasteiger partial charge in [-0.05, 0) is 36.8 Å². The van der Waals surface area contributed by atoms with Crippen LogP contribution in [0, 0.1) is 12.7 Å². The van der Waals surface area contributed by atoms with Crippen molar-refractivity contribution in [2.24, 2.45) is 0 Å². The van der Waals surface area contributed by atoms with Crippen molar-refractivity contribution in [1.82, 2.24) is 20.2 Å². The van der Waals surface area contributed by atoms with Crippen LogP contribution in [0.3, 0.4) is 0 Å². The van der Waals surface area contributed by atoms with Crippen LogP contribution in [0.25, 0.3) is 34.3 Å². The van der Waals surface area contributed by atoms with Crippen molar-refractivity contribution in [3.05, 3.63) is 60.0 Å². The smallest absolute Gasteiger partial charge is 0.270 e. The van der Waals surface area contributed by atoms with Gasteiger partial charge < -0.3 is 10.2 Å². The van der Waals surface area contributed by atoms with Crippen LogP contribution in [0.5, 0.6) is 0 Å². The number of thioether (sulfide) groups is 1. The molecule has 0 bridgehead atoms. The van der Waals surface area contributed by atoms with Crippen LogP contribution in [0.15, 0.2) is 58.0 Å². The summed E-state index contributed by atoms with van der Waals surface area (Å²) in [5.74, 6) is -0.129. The third-order valence-corrected chi connectivity index (χ3v) is 5.32. The van der Waals surface area contributed by atoms with Gasteiger partial charge in [-0.1, -0.05) is 32.0 Å². The number of anilines is 1. The van der Waals surface area contributed by atoms with Gasteiger partial charge in [-0.2, -0.15) is 0 Å². The largest absolute Gasteiger partial charge is 0.414 e. The van der Waals surface area contributed by atoms with Crippen molar-refractivity contribution in [2.75, 3.05) is 5.73 Å². The first-order valence-corrected chi connectivity index (χ1v) is 10.3. The molecule has 0 saturated carbocycles. The van der Waals surface area contributed by atoms with Crippen LogP contribution in [-0.2, 0) is 0 Å². The van der Waals surface area contributed by atoms with Crippen LogP contribution in [0.4, 0.5) is 10.2 Å². The zero-order chi connectivity index (χ0) is 21.3. The number of aromatic nitrogens is 4. The Kier molecular flexibility index (Phi) is 5.50. The van der Waals surface area contributed by atoms with Crippen molar-refractivity contribution >= 4 is 17.6 Å². The van der Waals surface area contributed by atoms with Crippen LogP contribution < -0.4 is 5.73 Å². The van der Waals surface area contributed by atoms with E-state index in [9.17, 15) is 4.39 Å². The Morgan fingerprint density at radius 1 is 1.03 bits per heavy atom. The summed E-state index contributed by atoms with van der Waals surface area (Å²) in [7, 11) is 0. The van der Waals surface area contributed by atoms with Crippen LogP contribution >= 0.6 is 11.8 Å².